The summed E-state index contributed by atoms with van der Waals surface area (Å²) in [6, 6.07) is 6.48. The molecule has 1 amide bonds. The van der Waals surface area contributed by atoms with E-state index in [9.17, 15) is 14.4 Å². The zero-order valence-electron chi connectivity index (χ0n) is 29.2. The number of fused-ring (bicyclic) bond motifs is 1. The van der Waals surface area contributed by atoms with Gasteiger partial charge in [0.1, 0.15) is 6.04 Å². The minimum absolute atomic E-state index is 0.0343. The molecule has 2 aromatic heterocycles. The number of amides is 1. The predicted molar refractivity (Wildman–Crippen MR) is 183 cm³/mol. The van der Waals surface area contributed by atoms with Crippen molar-refractivity contribution in [3.8, 4) is 0 Å². The lowest BCUT2D eigenvalue weighted by atomic mass is 10.1. The summed E-state index contributed by atoms with van der Waals surface area (Å²) >= 11 is 0. The van der Waals surface area contributed by atoms with Crippen molar-refractivity contribution in [1.82, 2.24) is 25.3 Å². The molecule has 0 saturated carbocycles. The molecule has 13 heteroatoms. The van der Waals surface area contributed by atoms with Crippen LogP contribution in [-0.4, -0.2) is 74.2 Å². The number of benzene rings is 1. The summed E-state index contributed by atoms with van der Waals surface area (Å²) in [4.78, 5) is 58.9. The highest BCUT2D eigenvalue weighted by atomic mass is 16.5. The normalized spacial score (nSPS) is 12.1. The van der Waals surface area contributed by atoms with E-state index in [1.165, 1.54) is 0 Å². The average molecular weight is 651 g/mol. The van der Waals surface area contributed by atoms with Crippen molar-refractivity contribution in [2.24, 2.45) is 0 Å². The van der Waals surface area contributed by atoms with Gasteiger partial charge in [0.15, 0.2) is 17.0 Å². The lowest BCUT2D eigenvalue weighted by Crippen LogP contribution is -2.43. The molecule has 0 saturated heterocycles. The van der Waals surface area contributed by atoms with Crippen LogP contribution in [-0.2, 0) is 25.6 Å². The molecule has 256 valence electrons. The maximum atomic E-state index is 13.2. The maximum Gasteiger partial charge on any atom is 0.328 e. The molecule has 0 bridgehead atoms. The molecule has 3 aromatic rings. The topological polar surface area (TPSA) is 161 Å². The Hall–Kier alpha value is -4.55. The molecule has 0 aliphatic rings. The highest BCUT2D eigenvalue weighted by molar-refractivity contribution is 5.97. The number of ether oxygens (including phenoxy) is 2. The first-order chi connectivity index (χ1) is 22.1. The lowest BCUT2D eigenvalue weighted by molar-refractivity contribution is -0.151. The maximum absolute atomic E-state index is 13.2. The van der Waals surface area contributed by atoms with Crippen LogP contribution in [0.4, 0.5) is 17.5 Å². The third-order valence-electron chi connectivity index (χ3n) is 6.66. The number of anilines is 3. The molecule has 13 nitrogen and oxygen atoms in total. The lowest BCUT2D eigenvalue weighted by Gasteiger charge is -2.29. The molecule has 1 aromatic carbocycles. The number of hydrogen-bond donors (Lipinski definition) is 3. The number of rotatable bonds is 16. The van der Waals surface area contributed by atoms with Gasteiger partial charge in [0.25, 0.3) is 5.91 Å². The first kappa shape index (κ1) is 36.9. The molecular formula is C34H50N8O5. The number of esters is 2. The third kappa shape index (κ3) is 11.3. The highest BCUT2D eigenvalue weighted by Gasteiger charge is 2.25. The zero-order chi connectivity index (χ0) is 34.8. The second kappa shape index (κ2) is 16.8. The molecule has 2 heterocycles. The second-order valence-electron chi connectivity index (χ2n) is 12.9. The van der Waals surface area contributed by atoms with E-state index in [4.69, 9.17) is 14.5 Å². The summed E-state index contributed by atoms with van der Waals surface area (Å²) in [6.45, 7) is 19.7. The van der Waals surface area contributed by atoms with Gasteiger partial charge in [-0.2, -0.15) is 9.97 Å². The van der Waals surface area contributed by atoms with Gasteiger partial charge in [0, 0.05) is 35.8 Å². The van der Waals surface area contributed by atoms with Crippen LogP contribution < -0.4 is 20.9 Å². The SMILES string of the molecule is CC(C)Nc1nc(NC(C)C)c2nc(CN(c3ccc(C(=O)N[C@@H](CCC(=O)OC(C)C)C(=O)OC(C)C)cc3)C(C)C)cnc2n1. The van der Waals surface area contributed by atoms with Gasteiger partial charge in [-0.1, -0.05) is 0 Å². The Balaban J connectivity index is 1.80. The Morgan fingerprint density at radius 3 is 2.02 bits per heavy atom. The fourth-order valence-electron chi connectivity index (χ4n) is 4.66. The van der Waals surface area contributed by atoms with E-state index in [2.05, 4.69) is 49.6 Å². The van der Waals surface area contributed by atoms with E-state index < -0.39 is 23.9 Å². The number of nitrogens with zero attached hydrogens (tertiary/aromatic N) is 5. The van der Waals surface area contributed by atoms with Crippen LogP contribution in [0.3, 0.4) is 0 Å². The van der Waals surface area contributed by atoms with Crippen LogP contribution >= 0.6 is 0 Å². The van der Waals surface area contributed by atoms with Gasteiger partial charge in [0.05, 0.1) is 30.6 Å². The minimum atomic E-state index is -1.00. The molecule has 47 heavy (non-hydrogen) atoms. The van der Waals surface area contributed by atoms with Crippen molar-refractivity contribution in [3.05, 3.63) is 41.7 Å². The zero-order valence-corrected chi connectivity index (χ0v) is 29.2. The van der Waals surface area contributed by atoms with Gasteiger partial charge >= 0.3 is 11.9 Å². The summed E-state index contributed by atoms with van der Waals surface area (Å²) in [6.07, 6.45) is 1.10. The third-order valence-corrected chi connectivity index (χ3v) is 6.66. The van der Waals surface area contributed by atoms with Crippen molar-refractivity contribution in [3.63, 3.8) is 0 Å². The molecule has 0 aliphatic carbocycles. The van der Waals surface area contributed by atoms with Crippen LogP contribution in [0.2, 0.25) is 0 Å². The van der Waals surface area contributed by atoms with Gasteiger partial charge in [-0.3, -0.25) is 9.59 Å². The van der Waals surface area contributed by atoms with Gasteiger partial charge in [-0.05, 0) is 99.9 Å². The summed E-state index contributed by atoms with van der Waals surface area (Å²) < 4.78 is 10.5. The molecule has 3 rings (SSSR count). The summed E-state index contributed by atoms with van der Waals surface area (Å²) in [5.74, 6) is -0.399. The number of carbonyl (C=O) groups excluding carboxylic acids is 3. The summed E-state index contributed by atoms with van der Waals surface area (Å²) in [7, 11) is 0. The van der Waals surface area contributed by atoms with Gasteiger partial charge in [0.2, 0.25) is 5.95 Å². The van der Waals surface area contributed by atoms with Crippen molar-refractivity contribution >= 4 is 46.5 Å². The second-order valence-corrected chi connectivity index (χ2v) is 12.9. The average Bonchev–Trinajstić information content (AvgIpc) is 2.96. The standard InChI is InChI=1S/C34H50N8O5/c1-19(2)36-31-29-30(40-34(41-31)37-20(3)4)35-17-25(38-29)18-42(21(5)6)26-13-11-24(12-14-26)32(44)39-27(33(45)47-23(9)10)15-16-28(43)46-22(7)8/h11-14,17,19-23,27H,15-16,18H2,1-10H3,(H,39,44)(H2,35,36,37,40,41)/t27-/m0/s1. The predicted octanol–water partition coefficient (Wildman–Crippen LogP) is 5.26. The summed E-state index contributed by atoms with van der Waals surface area (Å²) in [5.41, 5.74) is 3.05. The van der Waals surface area contributed by atoms with Crippen molar-refractivity contribution < 1.29 is 23.9 Å². The van der Waals surface area contributed by atoms with Crippen molar-refractivity contribution in [1.29, 1.82) is 0 Å². The Bertz CT molecular complexity index is 1510. The van der Waals surface area contributed by atoms with Crippen LogP contribution in [0, 0.1) is 0 Å². The van der Waals surface area contributed by atoms with E-state index in [1.54, 1.807) is 46.0 Å². The summed E-state index contributed by atoms with van der Waals surface area (Å²) in [5, 5.41) is 9.34. The van der Waals surface area contributed by atoms with Gasteiger partial charge < -0.3 is 30.3 Å². The quantitative estimate of drug-likeness (QED) is 0.173. The smallest absolute Gasteiger partial charge is 0.328 e. The molecule has 0 aliphatic heterocycles. The Morgan fingerprint density at radius 2 is 1.45 bits per heavy atom. The Morgan fingerprint density at radius 1 is 0.809 bits per heavy atom. The molecular weight excluding hydrogens is 600 g/mol. The van der Waals surface area contributed by atoms with E-state index in [0.29, 0.717) is 35.0 Å². The molecule has 1 atom stereocenters. The van der Waals surface area contributed by atoms with Crippen LogP contribution in [0.25, 0.3) is 11.2 Å². The van der Waals surface area contributed by atoms with E-state index >= 15 is 0 Å². The molecule has 0 unspecified atom stereocenters. The number of hydrogen-bond acceptors (Lipinski definition) is 12. The van der Waals surface area contributed by atoms with Crippen molar-refractivity contribution in [2.75, 3.05) is 15.5 Å². The Labute approximate surface area is 277 Å². The van der Waals surface area contributed by atoms with E-state index in [1.807, 2.05) is 39.8 Å². The fraction of sp³-hybridized carbons (Fsp3) is 0.559. The van der Waals surface area contributed by atoms with Crippen LogP contribution in [0.1, 0.15) is 98.1 Å². The molecule has 3 N–H and O–H groups in total. The van der Waals surface area contributed by atoms with Gasteiger partial charge in [-0.25, -0.2) is 14.8 Å². The molecule has 0 radical (unpaired) electrons. The number of nitrogens with one attached hydrogen (secondary N) is 3. The van der Waals surface area contributed by atoms with E-state index in [0.717, 1.165) is 11.4 Å². The fourth-order valence-corrected chi connectivity index (χ4v) is 4.66. The first-order valence-corrected chi connectivity index (χ1v) is 16.3. The number of aromatic nitrogens is 4. The van der Waals surface area contributed by atoms with Crippen molar-refractivity contribution in [2.45, 2.75) is 125 Å². The van der Waals surface area contributed by atoms with Crippen LogP contribution in [0.15, 0.2) is 30.5 Å². The highest BCUT2D eigenvalue weighted by Crippen LogP contribution is 2.24. The monoisotopic (exact) mass is 650 g/mol. The first-order valence-electron chi connectivity index (χ1n) is 16.3. The van der Waals surface area contributed by atoms with E-state index in [-0.39, 0.29) is 43.2 Å². The van der Waals surface area contributed by atoms with Crippen LogP contribution in [0.5, 0.6) is 0 Å². The minimum Gasteiger partial charge on any atom is -0.463 e. The molecule has 0 spiro atoms. The molecule has 0 fully saturated rings. The largest absolute Gasteiger partial charge is 0.463 e. The Kier molecular flexibility index (Phi) is 13.2. The number of carbonyl (C=O) groups is 3. The van der Waals surface area contributed by atoms with Gasteiger partial charge in [-0.15, -0.1) is 0 Å².